The van der Waals surface area contributed by atoms with Gasteiger partial charge in [0.15, 0.2) is 29.3 Å². The van der Waals surface area contributed by atoms with E-state index in [2.05, 4.69) is 0 Å². The molecule has 3 heterocycles. The molecule has 2 aliphatic rings. The number of aliphatic carboxylic acids is 1. The number of fused-ring (bicyclic) bond motifs is 1. The van der Waals surface area contributed by atoms with Gasteiger partial charge in [-0.25, -0.2) is 4.79 Å². The Morgan fingerprint density at radius 2 is 1.58 bits per heavy atom. The number of carbonyl (C=O) groups is 1. The van der Waals surface area contributed by atoms with Crippen molar-refractivity contribution < 1.29 is 74.5 Å². The van der Waals surface area contributed by atoms with E-state index in [1.807, 2.05) is 0 Å². The number of benzene rings is 2. The van der Waals surface area contributed by atoms with Crippen molar-refractivity contribution >= 4 is 16.9 Å². The molecule has 9 atom stereocenters. The third-order valence-corrected chi connectivity index (χ3v) is 7.36. The zero-order chi connectivity index (χ0) is 31.3. The Kier molecular flexibility index (Phi) is 8.21. The summed E-state index contributed by atoms with van der Waals surface area (Å²) in [4.78, 5) is 24.4. The highest BCUT2D eigenvalue weighted by atomic mass is 16.7. The van der Waals surface area contributed by atoms with Gasteiger partial charge in [-0.15, -0.1) is 0 Å². The fourth-order valence-corrected chi connectivity index (χ4v) is 5.10. The molecule has 0 aliphatic carbocycles. The number of aliphatic hydroxyl groups excluding tert-OH is 5. The van der Waals surface area contributed by atoms with Gasteiger partial charge >= 0.3 is 5.97 Å². The first-order valence-corrected chi connectivity index (χ1v) is 12.9. The van der Waals surface area contributed by atoms with E-state index in [0.29, 0.717) is 0 Å². The second-order valence-corrected chi connectivity index (χ2v) is 10.3. The second-order valence-electron chi connectivity index (χ2n) is 10.3. The number of aliphatic hydroxyl groups is 5. The Morgan fingerprint density at radius 1 is 0.860 bits per heavy atom. The van der Waals surface area contributed by atoms with E-state index in [1.165, 1.54) is 6.07 Å². The first kappa shape index (κ1) is 30.5. The third kappa shape index (κ3) is 5.57. The number of carboxylic acids is 1. The number of hydrogen-bond donors (Lipinski definition) is 10. The average Bonchev–Trinajstić information content (AvgIpc) is 2.94. The molecule has 2 aromatic carbocycles. The Morgan fingerprint density at radius 3 is 2.26 bits per heavy atom. The van der Waals surface area contributed by atoms with Crippen LogP contribution in [0.4, 0.5) is 0 Å². The maximum absolute atomic E-state index is 13.0. The van der Waals surface area contributed by atoms with Crippen molar-refractivity contribution in [1.29, 1.82) is 0 Å². The SMILES string of the molecule is O=C(O)[C@H]1O[C@@H](OC[C@@H]2C[C@H](O)[C@@H](O)[C@H](c3c(O)cc4oc(-c5ccc(O)c(O)c5)cc(=O)c4c3O)O2)[C@H](O)[C@@H](O)[C@@H]1O. The van der Waals surface area contributed by atoms with Gasteiger partial charge in [0.05, 0.1) is 24.4 Å². The zero-order valence-corrected chi connectivity index (χ0v) is 21.9. The van der Waals surface area contributed by atoms with Crippen LogP contribution in [0.3, 0.4) is 0 Å². The number of hydrogen-bond acceptors (Lipinski definition) is 15. The van der Waals surface area contributed by atoms with Gasteiger partial charge < -0.3 is 69.7 Å². The summed E-state index contributed by atoms with van der Waals surface area (Å²) < 4.78 is 21.8. The molecule has 2 aliphatic heterocycles. The van der Waals surface area contributed by atoms with E-state index in [0.717, 1.165) is 24.3 Å². The van der Waals surface area contributed by atoms with Gasteiger partial charge in [0.25, 0.3) is 0 Å². The highest BCUT2D eigenvalue weighted by Crippen LogP contribution is 2.45. The van der Waals surface area contributed by atoms with Crippen molar-refractivity contribution in [2.45, 2.75) is 61.5 Å². The topological polar surface area (TPSA) is 277 Å². The van der Waals surface area contributed by atoms with Gasteiger partial charge in [0.1, 0.15) is 58.7 Å². The summed E-state index contributed by atoms with van der Waals surface area (Å²) in [6.07, 6.45) is -15.6. The van der Waals surface area contributed by atoms with E-state index in [9.17, 15) is 60.7 Å². The van der Waals surface area contributed by atoms with Crippen molar-refractivity contribution in [2.75, 3.05) is 6.61 Å². The molecule has 0 radical (unpaired) electrons. The Balaban J connectivity index is 1.41. The molecule has 43 heavy (non-hydrogen) atoms. The molecule has 2 fully saturated rings. The number of phenolic OH excluding ortho intramolecular Hbond substituents is 4. The summed E-state index contributed by atoms with van der Waals surface area (Å²) in [7, 11) is 0. The van der Waals surface area contributed by atoms with Gasteiger partial charge in [-0.1, -0.05) is 0 Å². The monoisotopic (exact) mass is 608 g/mol. The average molecular weight is 609 g/mol. The number of carboxylic acid groups (broad SMARTS) is 1. The van der Waals surface area contributed by atoms with Crippen LogP contribution in [0.1, 0.15) is 18.1 Å². The van der Waals surface area contributed by atoms with Crippen LogP contribution in [-0.2, 0) is 19.0 Å². The summed E-state index contributed by atoms with van der Waals surface area (Å²) in [5.74, 6) is -4.11. The maximum atomic E-state index is 13.0. The van der Waals surface area contributed by atoms with Crippen LogP contribution in [0.15, 0.2) is 39.5 Å². The summed E-state index contributed by atoms with van der Waals surface area (Å²) in [5.41, 5.74) is -1.34. The minimum absolute atomic E-state index is 0.0733. The van der Waals surface area contributed by atoms with E-state index in [-0.39, 0.29) is 23.3 Å². The zero-order valence-electron chi connectivity index (χ0n) is 21.9. The molecule has 0 saturated carbocycles. The lowest BCUT2D eigenvalue weighted by Crippen LogP contribution is -2.60. The highest BCUT2D eigenvalue weighted by molar-refractivity contribution is 5.88. The van der Waals surface area contributed by atoms with E-state index >= 15 is 0 Å². The molecule has 10 N–H and O–H groups in total. The van der Waals surface area contributed by atoms with Crippen LogP contribution >= 0.6 is 0 Å². The van der Waals surface area contributed by atoms with E-state index in [4.69, 9.17) is 18.6 Å². The molecule has 3 aromatic rings. The first-order chi connectivity index (χ1) is 20.3. The van der Waals surface area contributed by atoms with Crippen LogP contribution in [0.2, 0.25) is 0 Å². The molecular formula is C27H28O16. The Labute approximate surface area is 240 Å². The summed E-state index contributed by atoms with van der Waals surface area (Å²) >= 11 is 0. The van der Waals surface area contributed by atoms with E-state index < -0.39 is 107 Å². The summed E-state index contributed by atoms with van der Waals surface area (Å²) in [6, 6.07) is 5.61. The van der Waals surface area contributed by atoms with E-state index in [1.54, 1.807) is 0 Å². The van der Waals surface area contributed by atoms with Gasteiger partial charge in [0, 0.05) is 24.1 Å². The normalized spacial score (nSPS) is 31.2. The summed E-state index contributed by atoms with van der Waals surface area (Å²) in [6.45, 7) is -0.517. The molecule has 0 spiro atoms. The summed E-state index contributed by atoms with van der Waals surface area (Å²) in [5, 5.41) is 101. The lowest BCUT2D eigenvalue weighted by atomic mass is 9.91. The lowest BCUT2D eigenvalue weighted by Gasteiger charge is -2.40. The number of rotatable bonds is 6. The largest absolute Gasteiger partial charge is 0.507 e. The second kappa shape index (κ2) is 11.6. The van der Waals surface area contributed by atoms with Crippen molar-refractivity contribution in [2.24, 2.45) is 0 Å². The van der Waals surface area contributed by atoms with Gasteiger partial charge in [-0.2, -0.15) is 0 Å². The molecule has 1 aromatic heterocycles. The molecule has 16 nitrogen and oxygen atoms in total. The van der Waals surface area contributed by atoms with Crippen molar-refractivity contribution in [3.8, 4) is 34.3 Å². The highest BCUT2D eigenvalue weighted by Gasteiger charge is 2.48. The molecular weight excluding hydrogens is 580 g/mol. The Hall–Kier alpha value is -4.00. The molecule has 0 unspecified atom stereocenters. The van der Waals surface area contributed by atoms with Crippen molar-refractivity contribution in [1.82, 2.24) is 0 Å². The molecule has 5 rings (SSSR count). The van der Waals surface area contributed by atoms with Gasteiger partial charge in [0.2, 0.25) is 0 Å². The fourth-order valence-electron chi connectivity index (χ4n) is 5.10. The minimum Gasteiger partial charge on any atom is -0.507 e. The molecule has 232 valence electrons. The van der Waals surface area contributed by atoms with Gasteiger partial charge in [-0.05, 0) is 18.2 Å². The molecule has 2 saturated heterocycles. The maximum Gasteiger partial charge on any atom is 0.335 e. The molecule has 0 bridgehead atoms. The van der Waals surface area contributed by atoms with Gasteiger partial charge in [-0.3, -0.25) is 4.79 Å². The molecule has 0 amide bonds. The number of phenols is 4. The standard InChI is InChI=1S/C27H28O16/c28-10-2-1-8(3-11(10)29)15-5-12(30)17-16(42-15)6-13(31)18(20(17)34)24-19(33)14(32)4-9(41-24)7-40-27-23(37)21(35)22(36)25(43-27)26(38)39/h1-3,5-6,9,14,19,21-25,27-29,31-37H,4,7H2,(H,38,39)/t9-,14-,19+,21-,22-,23+,24-,25-,27+/m0/s1. The fraction of sp³-hybridized carbons (Fsp3) is 0.407. The van der Waals surface area contributed by atoms with Crippen LogP contribution in [-0.4, -0.2) is 113 Å². The first-order valence-electron chi connectivity index (χ1n) is 12.9. The predicted octanol–water partition coefficient (Wildman–Crippen LogP) is -1.26. The van der Waals surface area contributed by atoms with Crippen molar-refractivity contribution in [3.05, 3.63) is 46.1 Å². The van der Waals surface area contributed by atoms with Crippen LogP contribution in [0.25, 0.3) is 22.3 Å². The molecule has 16 heteroatoms. The predicted molar refractivity (Wildman–Crippen MR) is 139 cm³/mol. The van der Waals surface area contributed by atoms with Crippen LogP contribution < -0.4 is 5.43 Å². The van der Waals surface area contributed by atoms with Crippen LogP contribution in [0, 0.1) is 0 Å². The minimum atomic E-state index is -1.94. The Bertz CT molecular complexity index is 1590. The quantitative estimate of drug-likeness (QED) is 0.146. The van der Waals surface area contributed by atoms with Crippen molar-refractivity contribution in [3.63, 3.8) is 0 Å². The lowest BCUT2D eigenvalue weighted by molar-refractivity contribution is -0.302. The third-order valence-electron chi connectivity index (χ3n) is 7.36. The van der Waals surface area contributed by atoms with Crippen LogP contribution in [0.5, 0.6) is 23.0 Å². The number of ether oxygens (including phenoxy) is 3. The number of aromatic hydroxyl groups is 4. The smallest absolute Gasteiger partial charge is 0.335 e.